The average Bonchev–Trinajstić information content (AvgIpc) is 2.80. The van der Waals surface area contributed by atoms with Crippen molar-refractivity contribution in [3.05, 3.63) is 47.4 Å². The molecule has 1 amide bonds. The molecule has 7 nitrogen and oxygen atoms in total. The number of rotatable bonds is 3. The zero-order valence-electron chi connectivity index (χ0n) is 10.5. The topological polar surface area (TPSA) is 106 Å². The van der Waals surface area contributed by atoms with E-state index in [2.05, 4.69) is 15.6 Å². The van der Waals surface area contributed by atoms with E-state index in [0.717, 1.165) is 0 Å². The number of amidine groups is 1. The number of hydrogen-bond donors (Lipinski definition) is 3. The molecule has 0 aliphatic heterocycles. The van der Waals surface area contributed by atoms with Gasteiger partial charge < -0.3 is 16.3 Å². The summed E-state index contributed by atoms with van der Waals surface area (Å²) in [5.74, 6) is -1.30. The van der Waals surface area contributed by atoms with Crippen LogP contribution in [0.4, 0.5) is 10.2 Å². The van der Waals surface area contributed by atoms with Crippen molar-refractivity contribution in [2.24, 2.45) is 17.9 Å². The van der Waals surface area contributed by atoms with E-state index in [-0.39, 0.29) is 22.8 Å². The Balaban J connectivity index is 2.34. The van der Waals surface area contributed by atoms with Gasteiger partial charge in [-0.1, -0.05) is 17.3 Å². The number of anilines is 1. The lowest BCUT2D eigenvalue weighted by Gasteiger charge is -2.08. The van der Waals surface area contributed by atoms with Crippen LogP contribution in [0.15, 0.2) is 35.6 Å². The average molecular weight is 277 g/mol. The van der Waals surface area contributed by atoms with Crippen molar-refractivity contribution < 1.29 is 14.4 Å². The molecule has 0 bridgehead atoms. The molecule has 0 radical (unpaired) electrons. The first-order valence-electron chi connectivity index (χ1n) is 5.60. The maximum Gasteiger partial charge on any atom is 0.259 e. The standard InChI is InChI=1S/C12H12FN5O2/c1-18-11(8(6-15-18)10(14)17-20)16-12(19)7-4-2-3-5-9(7)13/h2-6,20H,1H3,(H2,14,17)(H,16,19). The van der Waals surface area contributed by atoms with Gasteiger partial charge in [0.05, 0.1) is 17.3 Å². The van der Waals surface area contributed by atoms with E-state index in [1.54, 1.807) is 13.1 Å². The Morgan fingerprint density at radius 2 is 2.15 bits per heavy atom. The minimum Gasteiger partial charge on any atom is -0.409 e. The third-order valence-corrected chi connectivity index (χ3v) is 2.67. The highest BCUT2D eigenvalue weighted by molar-refractivity contribution is 6.09. The number of hydrogen-bond acceptors (Lipinski definition) is 4. The zero-order valence-corrected chi connectivity index (χ0v) is 10.5. The number of amides is 1. The number of nitrogens with one attached hydrogen (secondary N) is 1. The molecule has 1 aromatic heterocycles. The van der Waals surface area contributed by atoms with Crippen LogP contribution in [0.1, 0.15) is 15.9 Å². The number of aryl methyl sites for hydroxylation is 1. The molecule has 2 rings (SSSR count). The molecule has 2 aromatic rings. The molecule has 104 valence electrons. The van der Waals surface area contributed by atoms with Crippen LogP contribution in [0.25, 0.3) is 0 Å². The Morgan fingerprint density at radius 3 is 2.80 bits per heavy atom. The fraction of sp³-hybridized carbons (Fsp3) is 0.0833. The van der Waals surface area contributed by atoms with Gasteiger partial charge in [-0.2, -0.15) is 5.10 Å². The molecule has 1 heterocycles. The molecule has 0 unspecified atom stereocenters. The molecule has 8 heteroatoms. The van der Waals surface area contributed by atoms with Gasteiger partial charge in [-0.05, 0) is 12.1 Å². The number of carbonyl (C=O) groups excluding carboxylic acids is 1. The van der Waals surface area contributed by atoms with Crippen LogP contribution in [0.2, 0.25) is 0 Å². The van der Waals surface area contributed by atoms with Crippen molar-refractivity contribution in [3.63, 3.8) is 0 Å². The highest BCUT2D eigenvalue weighted by Crippen LogP contribution is 2.16. The summed E-state index contributed by atoms with van der Waals surface area (Å²) >= 11 is 0. The molecular weight excluding hydrogens is 265 g/mol. The molecule has 0 aliphatic rings. The van der Waals surface area contributed by atoms with Gasteiger partial charge in [0.2, 0.25) is 0 Å². The van der Waals surface area contributed by atoms with Gasteiger partial charge in [0.1, 0.15) is 11.6 Å². The minimum absolute atomic E-state index is 0.112. The fourth-order valence-corrected chi connectivity index (χ4v) is 1.65. The summed E-state index contributed by atoms with van der Waals surface area (Å²) in [7, 11) is 1.56. The second kappa shape index (κ2) is 5.39. The Hall–Kier alpha value is -2.90. The van der Waals surface area contributed by atoms with E-state index in [4.69, 9.17) is 10.9 Å². The number of benzene rings is 1. The molecule has 0 fully saturated rings. The summed E-state index contributed by atoms with van der Waals surface area (Å²) in [6.07, 6.45) is 1.33. The smallest absolute Gasteiger partial charge is 0.259 e. The van der Waals surface area contributed by atoms with Crippen LogP contribution in [0.3, 0.4) is 0 Å². The van der Waals surface area contributed by atoms with Gasteiger partial charge in [0, 0.05) is 7.05 Å². The number of nitrogens with two attached hydrogens (primary N) is 1. The van der Waals surface area contributed by atoms with Crippen molar-refractivity contribution in [2.75, 3.05) is 5.32 Å². The lowest BCUT2D eigenvalue weighted by molar-refractivity contribution is 0.102. The molecule has 4 N–H and O–H groups in total. The molecule has 0 atom stereocenters. The molecular formula is C12H12FN5O2. The van der Waals surface area contributed by atoms with Crippen molar-refractivity contribution in [3.8, 4) is 0 Å². The maximum absolute atomic E-state index is 13.5. The van der Waals surface area contributed by atoms with Gasteiger partial charge in [-0.15, -0.1) is 0 Å². The molecule has 0 saturated heterocycles. The second-order valence-corrected chi connectivity index (χ2v) is 3.95. The zero-order chi connectivity index (χ0) is 14.7. The largest absolute Gasteiger partial charge is 0.409 e. The van der Waals surface area contributed by atoms with Gasteiger partial charge in [-0.25, -0.2) is 4.39 Å². The SMILES string of the molecule is Cn1ncc(C(N)=NO)c1NC(=O)c1ccccc1F. The fourth-order valence-electron chi connectivity index (χ4n) is 1.65. The van der Waals surface area contributed by atoms with Crippen molar-refractivity contribution in [1.82, 2.24) is 9.78 Å². The summed E-state index contributed by atoms with van der Waals surface area (Å²) in [6.45, 7) is 0. The van der Waals surface area contributed by atoms with Crippen molar-refractivity contribution in [2.45, 2.75) is 0 Å². The molecule has 0 aliphatic carbocycles. The van der Waals surface area contributed by atoms with Crippen LogP contribution < -0.4 is 11.1 Å². The number of oxime groups is 1. The quantitative estimate of drug-likeness (QED) is 0.335. The first-order valence-corrected chi connectivity index (χ1v) is 5.60. The lowest BCUT2D eigenvalue weighted by atomic mass is 10.2. The summed E-state index contributed by atoms with van der Waals surface area (Å²) in [4.78, 5) is 12.0. The first-order chi connectivity index (χ1) is 9.54. The van der Waals surface area contributed by atoms with Gasteiger partial charge in [0.15, 0.2) is 5.84 Å². The van der Waals surface area contributed by atoms with E-state index < -0.39 is 11.7 Å². The van der Waals surface area contributed by atoms with Crippen LogP contribution >= 0.6 is 0 Å². The highest BCUT2D eigenvalue weighted by atomic mass is 19.1. The number of aromatic nitrogens is 2. The summed E-state index contributed by atoms with van der Waals surface area (Å²) in [5.41, 5.74) is 5.60. The Bertz CT molecular complexity index is 680. The van der Waals surface area contributed by atoms with E-state index >= 15 is 0 Å². The summed E-state index contributed by atoms with van der Waals surface area (Å²) in [6, 6.07) is 5.57. The Kier molecular flexibility index (Phi) is 3.65. The molecule has 0 spiro atoms. The lowest BCUT2D eigenvalue weighted by Crippen LogP contribution is -2.20. The van der Waals surface area contributed by atoms with E-state index in [1.165, 1.54) is 29.1 Å². The van der Waals surface area contributed by atoms with Crippen LogP contribution in [-0.2, 0) is 7.05 Å². The van der Waals surface area contributed by atoms with E-state index in [9.17, 15) is 9.18 Å². The van der Waals surface area contributed by atoms with E-state index in [0.29, 0.717) is 0 Å². The summed E-state index contributed by atoms with van der Waals surface area (Å²) in [5, 5.41) is 17.9. The second-order valence-electron chi connectivity index (χ2n) is 3.95. The van der Waals surface area contributed by atoms with Crippen LogP contribution in [0, 0.1) is 5.82 Å². The van der Waals surface area contributed by atoms with Gasteiger partial charge >= 0.3 is 0 Å². The number of halogens is 1. The monoisotopic (exact) mass is 277 g/mol. The van der Waals surface area contributed by atoms with E-state index in [1.807, 2.05) is 0 Å². The minimum atomic E-state index is -0.654. The third-order valence-electron chi connectivity index (χ3n) is 2.67. The van der Waals surface area contributed by atoms with Crippen LogP contribution in [-0.4, -0.2) is 26.7 Å². The molecule has 20 heavy (non-hydrogen) atoms. The maximum atomic E-state index is 13.5. The molecule has 0 saturated carbocycles. The van der Waals surface area contributed by atoms with Gasteiger partial charge in [0.25, 0.3) is 5.91 Å². The van der Waals surface area contributed by atoms with Crippen molar-refractivity contribution in [1.29, 1.82) is 0 Å². The highest BCUT2D eigenvalue weighted by Gasteiger charge is 2.17. The van der Waals surface area contributed by atoms with Gasteiger partial charge in [-0.3, -0.25) is 9.48 Å². The predicted molar refractivity (Wildman–Crippen MR) is 70.1 cm³/mol. The third kappa shape index (κ3) is 2.44. The molecule has 1 aromatic carbocycles. The Labute approximate surface area is 113 Å². The number of nitrogens with zero attached hydrogens (tertiary/aromatic N) is 3. The van der Waals surface area contributed by atoms with Crippen molar-refractivity contribution >= 4 is 17.6 Å². The predicted octanol–water partition coefficient (Wildman–Crippen LogP) is 0.906. The Morgan fingerprint density at radius 1 is 1.45 bits per heavy atom. The first kappa shape index (κ1) is 13.5. The number of carbonyl (C=O) groups is 1. The van der Waals surface area contributed by atoms with Crippen LogP contribution in [0.5, 0.6) is 0 Å². The summed E-state index contributed by atoms with van der Waals surface area (Å²) < 4.78 is 14.8. The normalized spacial score (nSPS) is 11.4.